The van der Waals surface area contributed by atoms with Crippen LogP contribution in [0.5, 0.6) is 0 Å². The predicted octanol–water partition coefficient (Wildman–Crippen LogP) is 0.469. The van der Waals surface area contributed by atoms with Crippen LogP contribution in [-0.4, -0.2) is 39.7 Å². The molecule has 2 rings (SSSR count). The molecule has 1 saturated heterocycles. The lowest BCUT2D eigenvalue weighted by molar-refractivity contribution is -0.133. The van der Waals surface area contributed by atoms with E-state index in [-0.39, 0.29) is 11.9 Å². The molecule has 0 radical (unpaired) electrons. The van der Waals surface area contributed by atoms with Gasteiger partial charge in [0.05, 0.1) is 0 Å². The molecule has 94 valence electrons. The fraction of sp³-hybridized carbons (Fsp3) is 0.667. The SMILES string of the molecule is CC1CC(N)CN(C(=O)CCn2cccn2)C1. The van der Waals surface area contributed by atoms with Crippen LogP contribution < -0.4 is 5.73 Å². The summed E-state index contributed by atoms with van der Waals surface area (Å²) in [6.07, 6.45) is 5.12. The average Bonchev–Trinajstić information content (AvgIpc) is 2.77. The number of hydrogen-bond acceptors (Lipinski definition) is 3. The molecule has 17 heavy (non-hydrogen) atoms. The quantitative estimate of drug-likeness (QED) is 0.829. The van der Waals surface area contributed by atoms with Crippen molar-refractivity contribution in [1.29, 1.82) is 0 Å². The molecule has 2 N–H and O–H groups in total. The van der Waals surface area contributed by atoms with Gasteiger partial charge in [0.2, 0.25) is 5.91 Å². The molecule has 1 aromatic rings. The Labute approximate surface area is 102 Å². The zero-order valence-electron chi connectivity index (χ0n) is 10.2. The molecule has 0 spiro atoms. The molecule has 0 saturated carbocycles. The zero-order valence-corrected chi connectivity index (χ0v) is 10.2. The number of hydrogen-bond donors (Lipinski definition) is 1. The maximum absolute atomic E-state index is 12.0. The molecule has 1 aromatic heterocycles. The molecule has 2 heterocycles. The molecule has 1 aliphatic rings. The summed E-state index contributed by atoms with van der Waals surface area (Å²) >= 11 is 0. The maximum atomic E-state index is 12.0. The van der Waals surface area contributed by atoms with E-state index in [1.807, 2.05) is 17.2 Å². The third-order valence-electron chi connectivity index (χ3n) is 3.16. The van der Waals surface area contributed by atoms with Gasteiger partial charge < -0.3 is 10.6 Å². The first-order chi connectivity index (χ1) is 8.15. The molecular weight excluding hydrogens is 216 g/mol. The van der Waals surface area contributed by atoms with Crippen LogP contribution in [0.4, 0.5) is 0 Å². The summed E-state index contributed by atoms with van der Waals surface area (Å²) in [7, 11) is 0. The monoisotopic (exact) mass is 236 g/mol. The summed E-state index contributed by atoms with van der Waals surface area (Å²) < 4.78 is 1.78. The van der Waals surface area contributed by atoms with Crippen molar-refractivity contribution in [3.05, 3.63) is 18.5 Å². The van der Waals surface area contributed by atoms with E-state index in [2.05, 4.69) is 12.0 Å². The van der Waals surface area contributed by atoms with Gasteiger partial charge in [-0.05, 0) is 18.4 Å². The molecule has 5 nitrogen and oxygen atoms in total. The predicted molar refractivity (Wildman–Crippen MR) is 65.2 cm³/mol. The number of carbonyl (C=O) groups is 1. The lowest BCUT2D eigenvalue weighted by Crippen LogP contribution is -2.49. The van der Waals surface area contributed by atoms with Crippen LogP contribution in [-0.2, 0) is 11.3 Å². The van der Waals surface area contributed by atoms with Crippen molar-refractivity contribution in [2.45, 2.75) is 32.4 Å². The van der Waals surface area contributed by atoms with E-state index in [0.717, 1.165) is 13.0 Å². The topological polar surface area (TPSA) is 64.2 Å². The fourth-order valence-corrected chi connectivity index (χ4v) is 2.40. The minimum absolute atomic E-state index is 0.132. The highest BCUT2D eigenvalue weighted by atomic mass is 16.2. The van der Waals surface area contributed by atoms with Gasteiger partial charge in [-0.1, -0.05) is 6.92 Å². The molecule has 1 aliphatic heterocycles. The third kappa shape index (κ3) is 3.30. The Balaban J connectivity index is 1.83. The Kier molecular flexibility index (Phi) is 3.78. The Morgan fingerprint density at radius 2 is 2.35 bits per heavy atom. The number of amides is 1. The van der Waals surface area contributed by atoms with Gasteiger partial charge in [-0.15, -0.1) is 0 Å². The highest BCUT2D eigenvalue weighted by molar-refractivity contribution is 5.76. The second-order valence-corrected chi connectivity index (χ2v) is 4.92. The number of nitrogens with zero attached hydrogens (tertiary/aromatic N) is 3. The van der Waals surface area contributed by atoms with E-state index in [1.54, 1.807) is 10.9 Å². The van der Waals surface area contributed by atoms with Gasteiger partial charge in [0.1, 0.15) is 0 Å². The molecule has 0 aromatic carbocycles. The first kappa shape index (κ1) is 12.1. The van der Waals surface area contributed by atoms with Crippen molar-refractivity contribution in [3.8, 4) is 0 Å². The van der Waals surface area contributed by atoms with E-state index >= 15 is 0 Å². The average molecular weight is 236 g/mol. The number of piperidine rings is 1. The van der Waals surface area contributed by atoms with E-state index in [1.165, 1.54) is 0 Å². The second kappa shape index (κ2) is 5.31. The minimum Gasteiger partial charge on any atom is -0.341 e. The van der Waals surface area contributed by atoms with Gasteiger partial charge in [-0.3, -0.25) is 9.48 Å². The van der Waals surface area contributed by atoms with Crippen molar-refractivity contribution >= 4 is 5.91 Å². The lowest BCUT2D eigenvalue weighted by atomic mass is 9.96. The zero-order chi connectivity index (χ0) is 12.3. The van der Waals surface area contributed by atoms with Crippen LogP contribution >= 0.6 is 0 Å². The Morgan fingerprint density at radius 3 is 3.00 bits per heavy atom. The van der Waals surface area contributed by atoms with Gasteiger partial charge in [0.15, 0.2) is 0 Å². The Morgan fingerprint density at radius 1 is 1.53 bits per heavy atom. The van der Waals surface area contributed by atoms with E-state index < -0.39 is 0 Å². The van der Waals surface area contributed by atoms with Crippen LogP contribution in [0.2, 0.25) is 0 Å². The van der Waals surface area contributed by atoms with Crippen molar-refractivity contribution in [2.75, 3.05) is 13.1 Å². The summed E-state index contributed by atoms with van der Waals surface area (Å²) in [6, 6.07) is 2.00. The largest absolute Gasteiger partial charge is 0.341 e. The van der Waals surface area contributed by atoms with Crippen molar-refractivity contribution < 1.29 is 4.79 Å². The summed E-state index contributed by atoms with van der Waals surface area (Å²) in [5.74, 6) is 0.690. The van der Waals surface area contributed by atoms with Crippen LogP contribution in [0.25, 0.3) is 0 Å². The van der Waals surface area contributed by atoms with Crippen molar-refractivity contribution in [1.82, 2.24) is 14.7 Å². The molecule has 1 amide bonds. The summed E-state index contributed by atoms with van der Waals surface area (Å²) in [6.45, 7) is 4.33. The number of carbonyl (C=O) groups excluding carboxylic acids is 1. The van der Waals surface area contributed by atoms with Gasteiger partial charge in [0.25, 0.3) is 0 Å². The standard InChI is InChI=1S/C12H20N4O/c1-10-7-11(13)9-15(8-10)12(17)3-6-16-5-2-4-14-16/h2,4-5,10-11H,3,6-9,13H2,1H3. The van der Waals surface area contributed by atoms with Crippen LogP contribution in [0.15, 0.2) is 18.5 Å². The third-order valence-corrected chi connectivity index (χ3v) is 3.16. The number of aromatic nitrogens is 2. The first-order valence-corrected chi connectivity index (χ1v) is 6.16. The minimum atomic E-state index is 0.132. The number of rotatable bonds is 3. The van der Waals surface area contributed by atoms with E-state index in [9.17, 15) is 4.79 Å². The van der Waals surface area contributed by atoms with Gasteiger partial charge in [0, 0.05) is 44.5 Å². The fourth-order valence-electron chi connectivity index (χ4n) is 2.40. The molecule has 5 heteroatoms. The van der Waals surface area contributed by atoms with Gasteiger partial charge in [-0.2, -0.15) is 5.10 Å². The van der Waals surface area contributed by atoms with Crippen LogP contribution in [0.1, 0.15) is 19.8 Å². The molecule has 1 fully saturated rings. The van der Waals surface area contributed by atoms with Crippen molar-refractivity contribution in [2.24, 2.45) is 11.7 Å². The Hall–Kier alpha value is -1.36. The number of nitrogens with two attached hydrogens (primary N) is 1. The Bertz CT molecular complexity index is 353. The van der Waals surface area contributed by atoms with E-state index in [0.29, 0.717) is 25.4 Å². The van der Waals surface area contributed by atoms with Gasteiger partial charge >= 0.3 is 0 Å². The molecular formula is C12H20N4O. The number of likely N-dealkylation sites (tertiary alicyclic amines) is 1. The molecule has 0 bridgehead atoms. The number of aryl methyl sites for hydroxylation is 1. The van der Waals surface area contributed by atoms with E-state index in [4.69, 9.17) is 5.73 Å². The van der Waals surface area contributed by atoms with Crippen LogP contribution in [0.3, 0.4) is 0 Å². The smallest absolute Gasteiger partial charge is 0.224 e. The molecule has 0 aliphatic carbocycles. The lowest BCUT2D eigenvalue weighted by Gasteiger charge is -2.34. The maximum Gasteiger partial charge on any atom is 0.224 e. The summed E-state index contributed by atoms with van der Waals surface area (Å²) in [5, 5.41) is 4.08. The van der Waals surface area contributed by atoms with Crippen molar-refractivity contribution in [3.63, 3.8) is 0 Å². The highest BCUT2D eigenvalue weighted by Gasteiger charge is 2.25. The molecule has 2 atom stereocenters. The normalized spacial score (nSPS) is 24.9. The van der Waals surface area contributed by atoms with Gasteiger partial charge in [-0.25, -0.2) is 0 Å². The molecule has 2 unspecified atom stereocenters. The second-order valence-electron chi connectivity index (χ2n) is 4.92. The summed E-state index contributed by atoms with van der Waals surface area (Å²) in [5.41, 5.74) is 5.93. The first-order valence-electron chi connectivity index (χ1n) is 6.16. The summed E-state index contributed by atoms with van der Waals surface area (Å²) in [4.78, 5) is 13.9. The van der Waals surface area contributed by atoms with Crippen LogP contribution in [0, 0.1) is 5.92 Å². The highest BCUT2D eigenvalue weighted by Crippen LogP contribution is 2.15.